The molecule has 1 atom stereocenters. The van der Waals surface area contributed by atoms with Gasteiger partial charge in [-0.3, -0.25) is 0 Å². The molecule has 2 rings (SSSR count). The molecule has 22 heavy (non-hydrogen) atoms. The van der Waals surface area contributed by atoms with Crippen LogP contribution in [0.5, 0.6) is 0 Å². The average molecular weight is 300 g/mol. The van der Waals surface area contributed by atoms with Gasteiger partial charge in [-0.2, -0.15) is 5.10 Å². The van der Waals surface area contributed by atoms with Gasteiger partial charge in [-0.15, -0.1) is 6.58 Å². The molecule has 0 bridgehead atoms. The van der Waals surface area contributed by atoms with Crippen LogP contribution in [0.2, 0.25) is 0 Å². The third-order valence-electron chi connectivity index (χ3n) is 4.45. The molecule has 0 fully saturated rings. The fourth-order valence-electron chi connectivity index (χ4n) is 3.28. The summed E-state index contributed by atoms with van der Waals surface area (Å²) in [4.78, 5) is 0. The first-order chi connectivity index (χ1) is 10.5. The zero-order valence-corrected chi connectivity index (χ0v) is 14.5. The molecule has 0 saturated carbocycles. The van der Waals surface area contributed by atoms with Crippen molar-refractivity contribution in [1.29, 1.82) is 0 Å². The molecule has 0 aromatic carbocycles. The van der Waals surface area contributed by atoms with Crippen LogP contribution < -0.4 is 0 Å². The summed E-state index contributed by atoms with van der Waals surface area (Å²) in [6.07, 6.45) is 4.75. The van der Waals surface area contributed by atoms with Crippen LogP contribution in [0.4, 0.5) is 0 Å². The van der Waals surface area contributed by atoms with Crippen molar-refractivity contribution in [2.24, 2.45) is 5.92 Å². The summed E-state index contributed by atoms with van der Waals surface area (Å²) in [5, 5.41) is 4.83. The lowest BCUT2D eigenvalue weighted by atomic mass is 9.78. The molecule has 0 aliphatic heterocycles. The monoisotopic (exact) mass is 300 g/mol. The SMILES string of the molecule is C=CCOC(CC)(c1c(C(C)C)nn2ccccc12)C(C)C. The third kappa shape index (κ3) is 2.70. The van der Waals surface area contributed by atoms with E-state index in [1.165, 1.54) is 5.56 Å². The highest BCUT2D eigenvalue weighted by molar-refractivity contribution is 5.60. The van der Waals surface area contributed by atoms with Gasteiger partial charge in [-0.1, -0.05) is 46.8 Å². The van der Waals surface area contributed by atoms with Gasteiger partial charge in [0.2, 0.25) is 0 Å². The molecule has 0 N–H and O–H groups in total. The Bertz CT molecular complexity index is 642. The normalized spacial score (nSPS) is 14.7. The maximum atomic E-state index is 6.36. The van der Waals surface area contributed by atoms with Crippen molar-refractivity contribution in [3.8, 4) is 0 Å². The Morgan fingerprint density at radius 2 is 2.05 bits per heavy atom. The second kappa shape index (κ2) is 6.66. The van der Waals surface area contributed by atoms with Crippen molar-refractivity contribution in [3.05, 3.63) is 48.3 Å². The van der Waals surface area contributed by atoms with Crippen molar-refractivity contribution >= 4 is 5.52 Å². The quantitative estimate of drug-likeness (QED) is 0.678. The van der Waals surface area contributed by atoms with Gasteiger partial charge in [0.1, 0.15) is 0 Å². The molecule has 0 spiro atoms. The van der Waals surface area contributed by atoms with E-state index in [2.05, 4.69) is 53.3 Å². The first-order valence-corrected chi connectivity index (χ1v) is 8.20. The van der Waals surface area contributed by atoms with E-state index in [1.54, 1.807) is 0 Å². The highest BCUT2D eigenvalue weighted by Crippen LogP contribution is 2.42. The molecule has 120 valence electrons. The van der Waals surface area contributed by atoms with Gasteiger partial charge in [0.15, 0.2) is 0 Å². The van der Waals surface area contributed by atoms with Crippen molar-refractivity contribution < 1.29 is 4.74 Å². The molecular weight excluding hydrogens is 272 g/mol. The van der Waals surface area contributed by atoms with Crippen LogP contribution in [-0.4, -0.2) is 16.2 Å². The molecule has 3 nitrogen and oxygen atoms in total. The summed E-state index contributed by atoms with van der Waals surface area (Å²) in [5.74, 6) is 0.704. The van der Waals surface area contributed by atoms with Crippen molar-refractivity contribution in [3.63, 3.8) is 0 Å². The molecule has 0 radical (unpaired) electrons. The molecule has 3 heteroatoms. The van der Waals surface area contributed by atoms with Crippen LogP contribution >= 0.6 is 0 Å². The zero-order chi connectivity index (χ0) is 16.3. The highest BCUT2D eigenvalue weighted by atomic mass is 16.5. The average Bonchev–Trinajstić information content (AvgIpc) is 2.89. The Balaban J connectivity index is 2.76. The van der Waals surface area contributed by atoms with E-state index in [-0.39, 0.29) is 5.60 Å². The minimum atomic E-state index is -0.336. The zero-order valence-electron chi connectivity index (χ0n) is 14.5. The molecule has 0 aliphatic carbocycles. The number of aromatic nitrogens is 2. The molecule has 2 aromatic heterocycles. The second-order valence-electron chi connectivity index (χ2n) is 6.44. The standard InChI is InChI=1S/C19H28N2O/c1-7-13-22-19(8-2,15(5)6)17-16-11-9-10-12-21(16)20-18(17)14(3)4/h7,9-12,14-15H,1,8,13H2,2-6H3. The number of hydrogen-bond donors (Lipinski definition) is 0. The lowest BCUT2D eigenvalue weighted by molar-refractivity contribution is -0.0746. The van der Waals surface area contributed by atoms with E-state index in [4.69, 9.17) is 9.84 Å². The van der Waals surface area contributed by atoms with Gasteiger partial charge in [0, 0.05) is 11.8 Å². The number of nitrogens with zero attached hydrogens (tertiary/aromatic N) is 2. The number of ether oxygens (including phenoxy) is 1. The minimum Gasteiger partial charge on any atom is -0.366 e. The number of rotatable bonds is 7. The van der Waals surface area contributed by atoms with Gasteiger partial charge in [-0.05, 0) is 30.4 Å². The first kappa shape index (κ1) is 16.8. The predicted molar refractivity (Wildman–Crippen MR) is 92.2 cm³/mol. The smallest absolute Gasteiger partial charge is 0.0995 e. The van der Waals surface area contributed by atoms with Crippen LogP contribution in [0, 0.1) is 5.92 Å². The highest BCUT2D eigenvalue weighted by Gasteiger charge is 2.40. The van der Waals surface area contributed by atoms with E-state index in [1.807, 2.05) is 22.9 Å². The molecule has 1 unspecified atom stereocenters. The van der Waals surface area contributed by atoms with Crippen LogP contribution in [0.1, 0.15) is 58.2 Å². The fourth-order valence-corrected chi connectivity index (χ4v) is 3.28. The predicted octanol–water partition coefficient (Wildman–Crippen LogP) is 4.92. The summed E-state index contributed by atoms with van der Waals surface area (Å²) >= 11 is 0. The van der Waals surface area contributed by atoms with E-state index in [0.717, 1.165) is 17.6 Å². The van der Waals surface area contributed by atoms with E-state index in [0.29, 0.717) is 18.4 Å². The topological polar surface area (TPSA) is 26.5 Å². The van der Waals surface area contributed by atoms with Gasteiger partial charge in [-0.25, -0.2) is 4.52 Å². The van der Waals surface area contributed by atoms with Crippen LogP contribution in [0.15, 0.2) is 37.1 Å². The van der Waals surface area contributed by atoms with Crippen LogP contribution in [0.3, 0.4) is 0 Å². The molecule has 0 saturated heterocycles. The first-order valence-electron chi connectivity index (χ1n) is 8.20. The van der Waals surface area contributed by atoms with Gasteiger partial charge < -0.3 is 4.74 Å². The number of hydrogen-bond acceptors (Lipinski definition) is 2. The lowest BCUT2D eigenvalue weighted by Crippen LogP contribution is -2.36. The maximum Gasteiger partial charge on any atom is 0.0995 e. The Kier molecular flexibility index (Phi) is 5.07. The van der Waals surface area contributed by atoms with Gasteiger partial charge >= 0.3 is 0 Å². The molecule has 0 aliphatic rings. The summed E-state index contributed by atoms with van der Waals surface area (Å²) in [5.41, 5.74) is 3.18. The van der Waals surface area contributed by atoms with E-state index in [9.17, 15) is 0 Å². The lowest BCUT2D eigenvalue weighted by Gasteiger charge is -2.37. The van der Waals surface area contributed by atoms with Crippen molar-refractivity contribution in [2.45, 2.75) is 52.6 Å². The summed E-state index contributed by atoms with van der Waals surface area (Å²) in [6.45, 7) is 15.4. The second-order valence-corrected chi connectivity index (χ2v) is 6.44. The molecule has 2 aromatic rings. The summed E-state index contributed by atoms with van der Waals surface area (Å²) in [6, 6.07) is 6.22. The van der Waals surface area contributed by atoms with Crippen molar-refractivity contribution in [1.82, 2.24) is 9.61 Å². The summed E-state index contributed by atoms with van der Waals surface area (Å²) in [7, 11) is 0. The number of pyridine rings is 1. The van der Waals surface area contributed by atoms with Crippen molar-refractivity contribution in [2.75, 3.05) is 6.61 Å². The fraction of sp³-hybridized carbons (Fsp3) is 0.526. The van der Waals surface area contributed by atoms with Gasteiger partial charge in [0.05, 0.1) is 23.4 Å². The van der Waals surface area contributed by atoms with Crippen LogP contribution in [0.25, 0.3) is 5.52 Å². The Labute approximate surface area is 134 Å². The van der Waals surface area contributed by atoms with Crippen LogP contribution in [-0.2, 0) is 10.3 Å². The molecule has 2 heterocycles. The largest absolute Gasteiger partial charge is 0.366 e. The summed E-state index contributed by atoms with van der Waals surface area (Å²) < 4.78 is 8.34. The molecule has 0 amide bonds. The Morgan fingerprint density at radius 3 is 2.59 bits per heavy atom. The van der Waals surface area contributed by atoms with E-state index >= 15 is 0 Å². The number of fused-ring (bicyclic) bond motifs is 1. The third-order valence-corrected chi connectivity index (χ3v) is 4.45. The van der Waals surface area contributed by atoms with E-state index < -0.39 is 0 Å². The Hall–Kier alpha value is -1.61. The van der Waals surface area contributed by atoms with Gasteiger partial charge in [0.25, 0.3) is 0 Å². The maximum absolute atomic E-state index is 6.36. The Morgan fingerprint density at radius 1 is 1.32 bits per heavy atom. The molecular formula is C19H28N2O. The minimum absolute atomic E-state index is 0.336.